The van der Waals surface area contributed by atoms with E-state index in [0.29, 0.717) is 5.69 Å². The normalized spacial score (nSPS) is 20.8. The molecule has 0 saturated carbocycles. The second-order valence-electron chi connectivity index (χ2n) is 10.6. The number of hydrogen-bond donors (Lipinski definition) is 3. The van der Waals surface area contributed by atoms with Crippen molar-refractivity contribution in [3.63, 3.8) is 0 Å². The van der Waals surface area contributed by atoms with Gasteiger partial charge in [0, 0.05) is 17.4 Å². The molecule has 13 nitrogen and oxygen atoms in total. The van der Waals surface area contributed by atoms with Gasteiger partial charge in [-0.25, -0.2) is 21.3 Å². The van der Waals surface area contributed by atoms with Crippen LogP contribution in [0.1, 0.15) is 23.0 Å². The quantitative estimate of drug-likeness (QED) is 0.114. The van der Waals surface area contributed by atoms with E-state index in [1.165, 1.54) is 29.3 Å². The van der Waals surface area contributed by atoms with Gasteiger partial charge >= 0.3 is 5.97 Å². The fraction of sp³-hybridized carbons (Fsp3) is 0.290. The number of nitrogen functional groups attached to an aromatic ring is 1. The van der Waals surface area contributed by atoms with E-state index in [4.69, 9.17) is 38.1 Å². The van der Waals surface area contributed by atoms with Crippen molar-refractivity contribution in [3.05, 3.63) is 99.3 Å². The number of fused-ring (bicyclic) bond motifs is 1. The Kier molecular flexibility index (Phi) is 8.96. The van der Waals surface area contributed by atoms with Crippen LogP contribution in [0.3, 0.4) is 0 Å². The molecule has 1 fully saturated rings. The molecule has 1 saturated heterocycles. The third-order valence-electron chi connectivity index (χ3n) is 7.87. The Bertz CT molecular complexity index is 1900. The molecule has 0 radical (unpaired) electrons. The van der Waals surface area contributed by atoms with Crippen molar-refractivity contribution in [3.8, 4) is 11.1 Å². The molecule has 0 aliphatic carbocycles. The van der Waals surface area contributed by atoms with Gasteiger partial charge in [0.15, 0.2) is 17.7 Å². The summed E-state index contributed by atoms with van der Waals surface area (Å²) in [7, 11) is 1.26. The van der Waals surface area contributed by atoms with Gasteiger partial charge in [0.25, 0.3) is 0 Å². The summed E-state index contributed by atoms with van der Waals surface area (Å²) in [5.74, 6) is -0.648. The number of thiazole rings is 1. The minimum absolute atomic E-state index is 0.0447. The fourth-order valence-corrected chi connectivity index (χ4v) is 6.35. The van der Waals surface area contributed by atoms with Crippen LogP contribution >= 0.6 is 22.9 Å². The number of nitrogens with zero attached hydrogens (tertiary/aromatic N) is 6. The van der Waals surface area contributed by atoms with Crippen molar-refractivity contribution in [2.75, 3.05) is 19.5 Å². The molecule has 0 bridgehead atoms. The molecule has 5 aromatic rings. The smallest absolute Gasteiger partial charge is 0.344 e. The molecular formula is C31H28ClN7O6S. The highest BCUT2D eigenvalue weighted by Gasteiger charge is 2.49. The van der Waals surface area contributed by atoms with Crippen LogP contribution in [0.25, 0.3) is 27.1 Å². The SMILES string of the molecule is [C-]#[N+]Cc1ccccc1-c1ccc(CC(OC[C@H]2O[C@@H](n3cnc4c(N)nc(Cl)nc43)[C@H](O)[C@@H]2O)(C(=O)OC)c2cscn2)cc1. The van der Waals surface area contributed by atoms with Crippen molar-refractivity contribution in [1.29, 1.82) is 0 Å². The highest BCUT2D eigenvalue weighted by molar-refractivity contribution is 7.07. The van der Waals surface area contributed by atoms with Crippen LogP contribution in [-0.4, -0.2) is 72.7 Å². The number of rotatable bonds is 10. The molecule has 4 N–H and O–H groups in total. The third kappa shape index (κ3) is 5.80. The minimum Gasteiger partial charge on any atom is -0.467 e. The average molecular weight is 662 g/mol. The first-order chi connectivity index (χ1) is 22.3. The number of ether oxygens (including phenoxy) is 3. The summed E-state index contributed by atoms with van der Waals surface area (Å²) in [5, 5.41) is 23.5. The van der Waals surface area contributed by atoms with Crippen LogP contribution in [0, 0.1) is 6.57 Å². The maximum absolute atomic E-state index is 13.5. The van der Waals surface area contributed by atoms with Gasteiger partial charge in [0.2, 0.25) is 17.4 Å². The van der Waals surface area contributed by atoms with Crippen molar-refractivity contribution >= 4 is 45.9 Å². The summed E-state index contributed by atoms with van der Waals surface area (Å²) in [6, 6.07) is 15.3. The van der Waals surface area contributed by atoms with Crippen LogP contribution in [0.15, 0.2) is 65.7 Å². The Morgan fingerprint density at radius 3 is 2.67 bits per heavy atom. The Morgan fingerprint density at radius 1 is 1.17 bits per heavy atom. The van der Waals surface area contributed by atoms with Crippen molar-refractivity contribution in [1.82, 2.24) is 24.5 Å². The predicted octanol–water partition coefficient (Wildman–Crippen LogP) is 3.55. The number of carbonyl (C=O) groups excluding carboxylic acids is 1. The summed E-state index contributed by atoms with van der Waals surface area (Å²) in [5.41, 5.74) is 10.1. The summed E-state index contributed by atoms with van der Waals surface area (Å²) in [6.07, 6.45) is -3.61. The lowest BCUT2D eigenvalue weighted by Gasteiger charge is -2.31. The second-order valence-corrected chi connectivity index (χ2v) is 11.7. The van der Waals surface area contributed by atoms with Gasteiger partial charge in [-0.1, -0.05) is 48.5 Å². The first-order valence-corrected chi connectivity index (χ1v) is 15.4. The topological polar surface area (TPSA) is 172 Å². The van der Waals surface area contributed by atoms with Gasteiger partial charge in [-0.3, -0.25) is 4.57 Å². The number of carbonyl (C=O) groups is 1. The van der Waals surface area contributed by atoms with Crippen LogP contribution in [0.4, 0.5) is 5.82 Å². The first kappa shape index (κ1) is 31.5. The number of esters is 1. The van der Waals surface area contributed by atoms with Crippen molar-refractivity contribution in [2.45, 2.75) is 43.1 Å². The number of halogens is 1. The number of hydrogen-bond acceptors (Lipinski definition) is 12. The molecule has 1 aliphatic rings. The van der Waals surface area contributed by atoms with Gasteiger partial charge in [0.05, 0.1) is 31.2 Å². The van der Waals surface area contributed by atoms with Gasteiger partial charge in [-0.2, -0.15) is 9.97 Å². The van der Waals surface area contributed by atoms with Gasteiger partial charge in [-0.15, -0.1) is 11.3 Å². The van der Waals surface area contributed by atoms with Crippen LogP contribution in [-0.2, 0) is 37.6 Å². The number of methoxy groups -OCH3 is 1. The number of benzene rings is 2. The van der Waals surface area contributed by atoms with E-state index in [9.17, 15) is 15.0 Å². The van der Waals surface area contributed by atoms with Crippen LogP contribution in [0.5, 0.6) is 0 Å². The van der Waals surface area contributed by atoms with Gasteiger partial charge in [-0.05, 0) is 28.3 Å². The highest BCUT2D eigenvalue weighted by atomic mass is 35.5. The molecule has 46 heavy (non-hydrogen) atoms. The molecule has 15 heteroatoms. The molecule has 2 aromatic carbocycles. The standard InChI is InChI=1S/C31H28ClN7O6S/c1-34-12-19-5-3-4-6-20(19)18-9-7-17(8-10-18)11-31(29(42)43-2,22-14-46-16-36-22)44-13-21-24(40)25(41)28(45-21)39-15-35-23-26(33)37-30(32)38-27(23)39/h3-10,14-16,21,24-25,28,40-41H,11-13H2,2H3,(H2,33,37,38)/t21-,24-,25-,28-,31?/m1/s1. The lowest BCUT2D eigenvalue weighted by Crippen LogP contribution is -2.45. The Hall–Kier alpha value is -4.49. The molecule has 236 valence electrons. The van der Waals surface area contributed by atoms with E-state index >= 15 is 0 Å². The van der Waals surface area contributed by atoms with Crippen LogP contribution < -0.4 is 5.73 Å². The Labute approximate surface area is 272 Å². The lowest BCUT2D eigenvalue weighted by molar-refractivity contribution is -0.180. The van der Waals surface area contributed by atoms with Crippen molar-refractivity contribution in [2.24, 2.45) is 0 Å². The Balaban J connectivity index is 1.27. The maximum Gasteiger partial charge on any atom is 0.344 e. The highest BCUT2D eigenvalue weighted by Crippen LogP contribution is 2.37. The van der Waals surface area contributed by atoms with E-state index in [2.05, 4.69) is 24.8 Å². The molecule has 4 heterocycles. The molecule has 0 amide bonds. The molecule has 5 atom stereocenters. The first-order valence-electron chi connectivity index (χ1n) is 14.0. The zero-order chi connectivity index (χ0) is 32.4. The third-order valence-corrected chi connectivity index (χ3v) is 8.63. The van der Waals surface area contributed by atoms with Crippen LogP contribution in [0.2, 0.25) is 5.28 Å². The lowest BCUT2D eigenvalue weighted by atomic mass is 9.90. The minimum atomic E-state index is -1.71. The van der Waals surface area contributed by atoms with E-state index in [1.807, 2.05) is 48.5 Å². The summed E-state index contributed by atoms with van der Waals surface area (Å²) < 4.78 is 19.0. The second kappa shape index (κ2) is 13.1. The Morgan fingerprint density at radius 2 is 1.96 bits per heavy atom. The van der Waals surface area contributed by atoms with E-state index in [0.717, 1.165) is 22.3 Å². The number of anilines is 1. The molecule has 0 spiro atoms. The van der Waals surface area contributed by atoms with Gasteiger partial charge in [0.1, 0.15) is 23.8 Å². The summed E-state index contributed by atoms with van der Waals surface area (Å²) in [6.45, 7) is 7.23. The zero-order valence-corrected chi connectivity index (χ0v) is 25.9. The monoisotopic (exact) mass is 661 g/mol. The molecule has 1 aliphatic heterocycles. The van der Waals surface area contributed by atoms with E-state index < -0.39 is 36.1 Å². The van der Waals surface area contributed by atoms with E-state index in [1.54, 1.807) is 10.9 Å². The molecule has 6 rings (SSSR count). The van der Waals surface area contributed by atoms with Gasteiger partial charge < -0.3 is 35.0 Å². The number of aliphatic hydroxyl groups excluding tert-OH is 2. The van der Waals surface area contributed by atoms with E-state index in [-0.39, 0.29) is 41.8 Å². The molecular weight excluding hydrogens is 634 g/mol. The summed E-state index contributed by atoms with van der Waals surface area (Å²) >= 11 is 7.28. The average Bonchev–Trinajstić information content (AvgIpc) is 3.81. The summed E-state index contributed by atoms with van der Waals surface area (Å²) in [4.78, 5) is 33.7. The fourth-order valence-electron chi connectivity index (χ4n) is 5.56. The largest absolute Gasteiger partial charge is 0.467 e. The number of nitrogens with two attached hydrogens (primary N) is 1. The maximum atomic E-state index is 13.5. The number of aliphatic hydroxyl groups is 2. The number of aromatic nitrogens is 5. The zero-order valence-electron chi connectivity index (χ0n) is 24.4. The molecule has 1 unspecified atom stereocenters. The number of imidazole rings is 1. The predicted molar refractivity (Wildman–Crippen MR) is 168 cm³/mol. The van der Waals surface area contributed by atoms with Crippen molar-refractivity contribution < 1.29 is 29.2 Å². The molecule has 3 aromatic heterocycles.